The summed E-state index contributed by atoms with van der Waals surface area (Å²) in [6.07, 6.45) is -10.6. The Hall–Kier alpha value is -6.90. The molecule has 2 fully saturated rings. The second-order valence-corrected chi connectivity index (χ2v) is 13.2. The number of nitrogens with zero attached hydrogens (tertiary/aromatic N) is 6. The molecule has 8 rings (SSSR count). The first-order valence-electron chi connectivity index (χ1n) is 17.5. The van der Waals surface area contributed by atoms with Gasteiger partial charge in [-0.15, -0.1) is 0 Å². The number of benzene rings is 2. The summed E-state index contributed by atoms with van der Waals surface area (Å²) >= 11 is 0. The van der Waals surface area contributed by atoms with E-state index in [4.69, 9.17) is 20.9 Å². The van der Waals surface area contributed by atoms with E-state index in [9.17, 15) is 40.2 Å². The molecule has 6 aromatic rings. The van der Waals surface area contributed by atoms with Gasteiger partial charge in [-0.1, -0.05) is 23.7 Å². The highest BCUT2D eigenvalue weighted by Gasteiger charge is 2.46. The third-order valence-corrected chi connectivity index (χ3v) is 9.44. The summed E-state index contributed by atoms with van der Waals surface area (Å²) in [5, 5.41) is 61.3. The van der Waals surface area contributed by atoms with E-state index in [0.717, 1.165) is 0 Å². The Balaban J connectivity index is 1.01. The van der Waals surface area contributed by atoms with Gasteiger partial charge in [0.05, 0.1) is 13.2 Å². The van der Waals surface area contributed by atoms with E-state index < -0.39 is 73.4 Å². The minimum atomic E-state index is -1.49. The maximum Gasteiger partial charge on any atom is 0.280 e. The van der Waals surface area contributed by atoms with E-state index in [1.165, 1.54) is 9.13 Å². The number of rotatable bonds is 4. The predicted octanol–water partition coefficient (Wildman–Crippen LogP) is -2.86. The lowest BCUT2D eigenvalue weighted by Gasteiger charge is -2.17. The number of imidazole rings is 2. The number of ether oxygens (including phenoxy) is 2. The summed E-state index contributed by atoms with van der Waals surface area (Å²) in [5.41, 5.74) is 12.4. The summed E-state index contributed by atoms with van der Waals surface area (Å²) in [5.74, 6) is 17.4. The first-order valence-corrected chi connectivity index (χ1v) is 17.5. The van der Waals surface area contributed by atoms with Crippen LogP contribution in [-0.2, 0) is 9.47 Å². The largest absolute Gasteiger partial charge is 0.394 e. The van der Waals surface area contributed by atoms with Crippen molar-refractivity contribution in [3.63, 3.8) is 0 Å². The molecule has 0 spiro atoms. The fraction of sp³-hybridized carbons (Fsp3) is 0.263. The number of aliphatic hydroxyl groups is 6. The van der Waals surface area contributed by atoms with Crippen molar-refractivity contribution >= 4 is 34.2 Å². The molecular weight excluding hydrogens is 756 g/mol. The number of hydrogen-bond acceptors (Lipinski definition) is 16. The summed E-state index contributed by atoms with van der Waals surface area (Å²) in [7, 11) is 0. The Morgan fingerprint density at radius 3 is 1.19 bits per heavy atom. The first-order chi connectivity index (χ1) is 27.9. The van der Waals surface area contributed by atoms with Crippen LogP contribution in [0.5, 0.6) is 0 Å². The molecule has 0 radical (unpaired) electrons. The summed E-state index contributed by atoms with van der Waals surface area (Å²) in [6.45, 7) is -1.13. The van der Waals surface area contributed by atoms with Crippen molar-refractivity contribution in [2.24, 2.45) is 0 Å². The number of nitrogens with one attached hydrogen (secondary N) is 2. The Kier molecular flexibility index (Phi) is 9.97. The Morgan fingerprint density at radius 1 is 0.552 bits per heavy atom. The molecule has 6 heterocycles. The maximum atomic E-state index is 12.6. The SMILES string of the molecule is Nc1nc2c(nc(C#Cc3ccc(C#Cc4ccc(C#Cc5nc6c(=O)[nH]c(N)nc6n5[C@@H]5O[C@H](CO)[C@@H](O)[C@H]5O)cc4)cc3)n2[C@@H]2O[C@H](CO)[C@@H](O)[C@H]2O)c(=O)[nH]1. The molecule has 2 saturated heterocycles. The van der Waals surface area contributed by atoms with Crippen LogP contribution >= 0.6 is 0 Å². The molecule has 20 nitrogen and oxygen atoms in total. The number of anilines is 2. The minimum absolute atomic E-state index is 0.000748. The van der Waals surface area contributed by atoms with Crippen molar-refractivity contribution in [1.29, 1.82) is 0 Å². The second kappa shape index (κ2) is 15.2. The molecule has 0 saturated carbocycles. The molecule has 8 atom stereocenters. The number of aliphatic hydroxyl groups excluding tert-OH is 6. The van der Waals surface area contributed by atoms with Gasteiger partial charge in [0.25, 0.3) is 11.1 Å². The highest BCUT2D eigenvalue weighted by molar-refractivity contribution is 5.74. The second-order valence-electron chi connectivity index (χ2n) is 13.2. The van der Waals surface area contributed by atoms with Crippen LogP contribution in [0.2, 0.25) is 0 Å². The van der Waals surface area contributed by atoms with Gasteiger partial charge < -0.3 is 51.6 Å². The van der Waals surface area contributed by atoms with Crippen molar-refractivity contribution in [1.82, 2.24) is 39.0 Å². The molecule has 0 amide bonds. The fourth-order valence-electron chi connectivity index (χ4n) is 6.52. The number of nitrogens with two attached hydrogens (primary N) is 2. The number of fused-ring (bicyclic) bond motifs is 2. The molecule has 58 heavy (non-hydrogen) atoms. The number of aromatic nitrogens is 8. The summed E-state index contributed by atoms with van der Waals surface area (Å²) < 4.78 is 13.9. The standard InChI is InChI=1S/C38H32N10O10/c39-37-43-31-25(33(55)45-37)41-23(47(31)35-29(53)27(51)21(15-49)57-35)13-11-19-7-3-17(4-8-19)1-2-18-5-9-20(10-6-18)12-14-24-42-26-32(44-38(40)46-34(26)56)48(24)36-30(54)28(52)22(16-50)58-36/h3-10,21-22,27-30,35-36,49-54H,15-16H2,(H3,39,43,45,55)(H3,40,44,46,56)/t21-,22-,27-,28-,29-,30-,35-,36-/m1/s1. The zero-order chi connectivity index (χ0) is 40.8. The first kappa shape index (κ1) is 38.0. The topological polar surface area (TPSA) is 319 Å². The monoisotopic (exact) mass is 788 g/mol. The van der Waals surface area contributed by atoms with Gasteiger partial charge in [0.2, 0.25) is 11.9 Å². The van der Waals surface area contributed by atoms with Gasteiger partial charge in [0.1, 0.15) is 36.6 Å². The molecule has 0 aliphatic carbocycles. The Labute approximate surface area is 325 Å². The van der Waals surface area contributed by atoms with E-state index in [1.54, 1.807) is 48.5 Å². The van der Waals surface area contributed by atoms with Crippen molar-refractivity contribution in [2.45, 2.75) is 49.1 Å². The van der Waals surface area contributed by atoms with Crippen LogP contribution in [0.3, 0.4) is 0 Å². The molecule has 2 aliphatic heterocycles. The fourth-order valence-corrected chi connectivity index (χ4v) is 6.52. The zero-order valence-electron chi connectivity index (χ0n) is 29.8. The molecule has 20 heteroatoms. The van der Waals surface area contributed by atoms with Crippen LogP contribution in [0.1, 0.15) is 46.4 Å². The van der Waals surface area contributed by atoms with Gasteiger partial charge >= 0.3 is 0 Å². The van der Waals surface area contributed by atoms with Crippen LogP contribution in [0, 0.1) is 35.5 Å². The molecular formula is C38H32N10O10. The summed E-state index contributed by atoms with van der Waals surface area (Å²) in [6, 6.07) is 13.9. The average Bonchev–Trinajstić information content (AvgIpc) is 3.93. The van der Waals surface area contributed by atoms with Crippen molar-refractivity contribution < 1.29 is 40.1 Å². The van der Waals surface area contributed by atoms with Crippen LogP contribution < -0.4 is 22.6 Å². The quantitative estimate of drug-likeness (QED) is 0.0804. The van der Waals surface area contributed by atoms with E-state index in [0.29, 0.717) is 22.3 Å². The van der Waals surface area contributed by atoms with Crippen LogP contribution in [0.4, 0.5) is 11.9 Å². The molecule has 2 aromatic carbocycles. The molecule has 0 bridgehead atoms. The Morgan fingerprint density at radius 2 is 0.879 bits per heavy atom. The van der Waals surface area contributed by atoms with Crippen molar-refractivity contribution in [3.8, 4) is 35.5 Å². The summed E-state index contributed by atoms with van der Waals surface area (Å²) in [4.78, 5) is 46.8. The molecule has 12 N–H and O–H groups in total. The smallest absolute Gasteiger partial charge is 0.280 e. The van der Waals surface area contributed by atoms with Gasteiger partial charge in [-0.2, -0.15) is 9.97 Å². The number of nitrogen functional groups attached to an aromatic ring is 2. The highest BCUT2D eigenvalue weighted by Crippen LogP contribution is 2.33. The van der Waals surface area contributed by atoms with Gasteiger partial charge in [0, 0.05) is 22.3 Å². The number of H-pyrrole nitrogens is 2. The zero-order valence-corrected chi connectivity index (χ0v) is 29.8. The van der Waals surface area contributed by atoms with Gasteiger partial charge in [-0.05, 0) is 60.4 Å². The van der Waals surface area contributed by atoms with E-state index in [1.807, 2.05) is 0 Å². The lowest BCUT2D eigenvalue weighted by molar-refractivity contribution is -0.0514. The normalized spacial score (nSPS) is 23.9. The molecule has 294 valence electrons. The number of aromatic amines is 2. The third-order valence-electron chi connectivity index (χ3n) is 9.44. The third kappa shape index (κ3) is 6.92. The highest BCUT2D eigenvalue weighted by atomic mass is 16.6. The van der Waals surface area contributed by atoms with Gasteiger partial charge in [0.15, 0.2) is 46.4 Å². The molecule has 0 unspecified atom stereocenters. The lowest BCUT2D eigenvalue weighted by atomic mass is 10.1. The molecule has 4 aromatic heterocycles. The van der Waals surface area contributed by atoms with E-state index in [-0.39, 0.29) is 45.9 Å². The number of hydrogen-bond donors (Lipinski definition) is 10. The minimum Gasteiger partial charge on any atom is -0.394 e. The van der Waals surface area contributed by atoms with Crippen LogP contribution in [0.25, 0.3) is 22.3 Å². The lowest BCUT2D eigenvalue weighted by Crippen LogP contribution is -2.33. The molecule has 2 aliphatic rings. The predicted molar refractivity (Wildman–Crippen MR) is 202 cm³/mol. The Bertz CT molecular complexity index is 2680. The van der Waals surface area contributed by atoms with Crippen LogP contribution in [-0.4, -0.2) is 120 Å². The maximum absolute atomic E-state index is 12.6. The van der Waals surface area contributed by atoms with E-state index in [2.05, 4.69) is 65.4 Å². The van der Waals surface area contributed by atoms with Gasteiger partial charge in [-0.25, -0.2) is 9.97 Å². The van der Waals surface area contributed by atoms with Crippen LogP contribution in [0.15, 0.2) is 58.1 Å². The van der Waals surface area contributed by atoms with Gasteiger partial charge in [-0.3, -0.25) is 28.7 Å². The van der Waals surface area contributed by atoms with Crippen molar-refractivity contribution in [2.75, 3.05) is 24.7 Å². The van der Waals surface area contributed by atoms with Crippen molar-refractivity contribution in [3.05, 3.63) is 103 Å². The van der Waals surface area contributed by atoms with E-state index >= 15 is 0 Å². The average molecular weight is 789 g/mol.